The van der Waals surface area contributed by atoms with E-state index >= 15 is 0 Å². The molecule has 1 unspecified atom stereocenters. The van der Waals surface area contributed by atoms with Crippen molar-refractivity contribution in [2.24, 2.45) is 15.0 Å². The van der Waals surface area contributed by atoms with Crippen LogP contribution in [0.3, 0.4) is 0 Å². The van der Waals surface area contributed by atoms with E-state index in [1.807, 2.05) is 12.5 Å². The third-order valence-corrected chi connectivity index (χ3v) is 4.86. The Morgan fingerprint density at radius 2 is 2.32 bits per heavy atom. The zero-order valence-corrected chi connectivity index (χ0v) is 13.3. The summed E-state index contributed by atoms with van der Waals surface area (Å²) in [4.78, 5) is 14.6. The predicted molar refractivity (Wildman–Crippen MR) is 94.0 cm³/mol. The van der Waals surface area contributed by atoms with Crippen LogP contribution < -0.4 is 0 Å². The van der Waals surface area contributed by atoms with Gasteiger partial charge in [0.2, 0.25) is 0 Å². The van der Waals surface area contributed by atoms with E-state index in [1.54, 1.807) is 0 Å². The van der Waals surface area contributed by atoms with Gasteiger partial charge in [-0.05, 0) is 55.2 Å². The molecule has 4 heteroatoms. The molecular weight excluding hydrogens is 272 g/mol. The Hall–Kier alpha value is -2.23. The summed E-state index contributed by atoms with van der Waals surface area (Å²) in [5, 5.41) is 0. The van der Waals surface area contributed by atoms with Crippen molar-refractivity contribution in [1.29, 1.82) is 0 Å². The lowest BCUT2D eigenvalue weighted by molar-refractivity contribution is 0.213. The number of fused-ring (bicyclic) bond motifs is 1. The summed E-state index contributed by atoms with van der Waals surface area (Å²) in [6.45, 7) is 6.42. The quantitative estimate of drug-likeness (QED) is 0.624. The number of aliphatic imine (C=N–C) groups is 3. The summed E-state index contributed by atoms with van der Waals surface area (Å²) < 4.78 is 0. The molecule has 0 aromatic heterocycles. The van der Waals surface area contributed by atoms with Gasteiger partial charge in [0.1, 0.15) is 6.34 Å². The summed E-state index contributed by atoms with van der Waals surface area (Å²) in [6, 6.07) is 6.60. The van der Waals surface area contributed by atoms with Gasteiger partial charge in [-0.15, -0.1) is 0 Å². The van der Waals surface area contributed by atoms with Gasteiger partial charge in [-0.2, -0.15) is 0 Å². The molecule has 0 N–H and O–H groups in total. The first-order chi connectivity index (χ1) is 10.7. The molecule has 1 spiro atoms. The molecule has 1 aromatic rings. The zero-order chi connectivity index (χ0) is 15.6. The van der Waals surface area contributed by atoms with Gasteiger partial charge < -0.3 is 4.90 Å². The maximum Gasteiger partial charge on any atom is 0.114 e. The van der Waals surface area contributed by atoms with Crippen molar-refractivity contribution in [2.75, 3.05) is 13.6 Å². The zero-order valence-electron chi connectivity index (χ0n) is 13.3. The smallest absolute Gasteiger partial charge is 0.114 e. The molecular formula is C18H22N4. The van der Waals surface area contributed by atoms with Gasteiger partial charge in [0.25, 0.3) is 0 Å². The maximum atomic E-state index is 4.48. The van der Waals surface area contributed by atoms with Gasteiger partial charge in [0, 0.05) is 13.2 Å². The first-order valence-corrected chi connectivity index (χ1v) is 7.64. The summed E-state index contributed by atoms with van der Waals surface area (Å²) in [5.74, 6) is 0. The van der Waals surface area contributed by atoms with E-state index in [4.69, 9.17) is 0 Å². The normalized spacial score (nSPS) is 24.3. The minimum atomic E-state index is 0.189. The Kier molecular flexibility index (Phi) is 3.92. The van der Waals surface area contributed by atoms with Crippen molar-refractivity contribution in [3.8, 4) is 0 Å². The molecule has 0 amide bonds. The molecule has 3 rings (SSSR count). The van der Waals surface area contributed by atoms with Crippen LogP contribution in [0.15, 0.2) is 39.4 Å². The molecule has 4 nitrogen and oxygen atoms in total. The predicted octanol–water partition coefficient (Wildman–Crippen LogP) is 2.98. The van der Waals surface area contributed by atoms with Crippen molar-refractivity contribution in [3.63, 3.8) is 0 Å². The topological polar surface area (TPSA) is 40.3 Å². The molecule has 0 radical (unpaired) electrons. The van der Waals surface area contributed by atoms with Crippen LogP contribution in [0.5, 0.6) is 0 Å². The average Bonchev–Trinajstić information content (AvgIpc) is 2.87. The van der Waals surface area contributed by atoms with Gasteiger partial charge in [-0.1, -0.05) is 18.2 Å². The highest BCUT2D eigenvalue weighted by Crippen LogP contribution is 2.37. The summed E-state index contributed by atoms with van der Waals surface area (Å²) in [5.41, 5.74) is 5.57. The molecule has 1 aliphatic carbocycles. The number of benzene rings is 1. The molecule has 2 aliphatic rings. The highest BCUT2D eigenvalue weighted by molar-refractivity contribution is 5.71. The molecule has 1 heterocycles. The van der Waals surface area contributed by atoms with Crippen LogP contribution >= 0.6 is 0 Å². The average molecular weight is 294 g/mol. The highest BCUT2D eigenvalue weighted by atomic mass is 15.3. The highest BCUT2D eigenvalue weighted by Gasteiger charge is 2.40. The lowest BCUT2D eigenvalue weighted by Crippen LogP contribution is -2.48. The Morgan fingerprint density at radius 1 is 1.45 bits per heavy atom. The molecule has 0 saturated heterocycles. The van der Waals surface area contributed by atoms with Gasteiger partial charge in [0.05, 0.1) is 18.4 Å². The number of rotatable bonds is 3. The van der Waals surface area contributed by atoms with E-state index < -0.39 is 0 Å². The number of allylic oxidation sites excluding steroid dienone is 1. The summed E-state index contributed by atoms with van der Waals surface area (Å²) >= 11 is 0. The largest absolute Gasteiger partial charge is 0.358 e. The fourth-order valence-electron chi connectivity index (χ4n) is 3.53. The van der Waals surface area contributed by atoms with Crippen LogP contribution in [-0.4, -0.2) is 43.4 Å². The standard InChI is InChI=1S/C18H22N4/c1-14(10-20-12-19-2)16-6-4-5-15-9-18(8-7-17(15)16)11-21-13-22(18)3/h4-6,10,12-13H,2,7-9,11H2,1,3H3/b14-10+,20-12?. The summed E-state index contributed by atoms with van der Waals surface area (Å²) in [7, 11) is 2.15. The van der Waals surface area contributed by atoms with Crippen molar-refractivity contribution in [1.82, 2.24) is 4.90 Å². The van der Waals surface area contributed by atoms with Gasteiger partial charge in [-0.3, -0.25) is 9.98 Å². The lowest BCUT2D eigenvalue weighted by atomic mass is 9.75. The molecule has 1 aliphatic heterocycles. The molecule has 1 atom stereocenters. The minimum Gasteiger partial charge on any atom is -0.358 e. The first-order valence-electron chi connectivity index (χ1n) is 7.64. The van der Waals surface area contributed by atoms with Crippen molar-refractivity contribution in [3.05, 3.63) is 41.1 Å². The second-order valence-corrected chi connectivity index (χ2v) is 6.17. The number of nitrogens with zero attached hydrogens (tertiary/aromatic N) is 4. The second-order valence-electron chi connectivity index (χ2n) is 6.17. The second kappa shape index (κ2) is 5.87. The molecule has 22 heavy (non-hydrogen) atoms. The summed E-state index contributed by atoms with van der Waals surface area (Å²) in [6.07, 6.45) is 8.62. The number of likely N-dealkylation sites (N-methyl/N-ethyl adjacent to an activating group) is 1. The van der Waals surface area contributed by atoms with E-state index in [0.717, 1.165) is 25.8 Å². The Labute approximate surface area is 132 Å². The maximum absolute atomic E-state index is 4.48. The van der Waals surface area contributed by atoms with Gasteiger partial charge in [-0.25, -0.2) is 4.99 Å². The minimum absolute atomic E-state index is 0.189. The third kappa shape index (κ3) is 2.49. The molecule has 1 aromatic carbocycles. The number of hydrogen-bond donors (Lipinski definition) is 0. The molecule has 114 valence electrons. The SMILES string of the molecule is C=NC=N/C=C(\C)c1cccc2c1CCC1(CN=CN1C)C2. The fraction of sp³-hybridized carbons (Fsp3) is 0.389. The van der Waals surface area contributed by atoms with Crippen molar-refractivity contribution >= 4 is 25.0 Å². The van der Waals surface area contributed by atoms with Crippen LogP contribution in [-0.2, 0) is 12.8 Å². The Morgan fingerprint density at radius 3 is 3.05 bits per heavy atom. The van der Waals surface area contributed by atoms with Crippen LogP contribution in [0.25, 0.3) is 5.57 Å². The van der Waals surface area contributed by atoms with Crippen LogP contribution in [0.2, 0.25) is 0 Å². The van der Waals surface area contributed by atoms with Crippen molar-refractivity contribution in [2.45, 2.75) is 31.7 Å². The fourth-order valence-corrected chi connectivity index (χ4v) is 3.53. The van der Waals surface area contributed by atoms with Crippen LogP contribution in [0.4, 0.5) is 0 Å². The monoisotopic (exact) mass is 294 g/mol. The van der Waals surface area contributed by atoms with Gasteiger partial charge in [0.15, 0.2) is 0 Å². The van der Waals surface area contributed by atoms with Crippen LogP contribution in [0.1, 0.15) is 30.0 Å². The first kappa shape index (κ1) is 14.7. The van der Waals surface area contributed by atoms with Crippen molar-refractivity contribution < 1.29 is 0 Å². The Bertz CT molecular complexity index is 672. The van der Waals surface area contributed by atoms with Gasteiger partial charge >= 0.3 is 0 Å². The van der Waals surface area contributed by atoms with E-state index in [9.17, 15) is 0 Å². The van der Waals surface area contributed by atoms with Crippen LogP contribution in [0, 0.1) is 0 Å². The van der Waals surface area contributed by atoms with E-state index in [0.29, 0.717) is 0 Å². The van der Waals surface area contributed by atoms with E-state index in [2.05, 4.69) is 58.8 Å². The molecule has 0 fully saturated rings. The third-order valence-electron chi connectivity index (χ3n) is 4.86. The molecule has 0 saturated carbocycles. The van der Waals surface area contributed by atoms with E-state index in [-0.39, 0.29) is 5.54 Å². The lowest BCUT2D eigenvalue weighted by Gasteiger charge is -2.40. The number of hydrogen-bond acceptors (Lipinski definition) is 3. The van der Waals surface area contributed by atoms with E-state index in [1.165, 1.54) is 28.6 Å². The Balaban J connectivity index is 1.92. The molecule has 0 bridgehead atoms.